The van der Waals surface area contributed by atoms with Crippen LogP contribution in [-0.2, 0) is 14.1 Å². The zero-order valence-corrected chi connectivity index (χ0v) is 22.6. The van der Waals surface area contributed by atoms with Gasteiger partial charge in [0.1, 0.15) is 5.56 Å². The maximum atomic E-state index is 12.7. The Balaban J connectivity index is 1.69. The lowest BCUT2D eigenvalue weighted by atomic mass is 10.1. The van der Waals surface area contributed by atoms with E-state index in [2.05, 4.69) is 30.8 Å². The van der Waals surface area contributed by atoms with E-state index in [9.17, 15) is 19.5 Å². The summed E-state index contributed by atoms with van der Waals surface area (Å²) in [5, 5.41) is 11.1. The van der Waals surface area contributed by atoms with Crippen molar-refractivity contribution >= 4 is 44.6 Å². The summed E-state index contributed by atoms with van der Waals surface area (Å²) in [4.78, 5) is 47.1. The van der Waals surface area contributed by atoms with E-state index in [-0.39, 0.29) is 11.3 Å². The molecule has 0 saturated carbocycles. The number of nitrogens with zero attached hydrogens (tertiary/aromatic N) is 5. The van der Waals surface area contributed by atoms with Crippen LogP contribution in [0.2, 0.25) is 0 Å². The number of aromatic nitrogens is 4. The highest BCUT2D eigenvalue weighted by atomic mass is 79.9. The van der Waals surface area contributed by atoms with Gasteiger partial charge in [0, 0.05) is 37.9 Å². The number of hydrogen-bond donors (Lipinski definition) is 2. The van der Waals surface area contributed by atoms with Gasteiger partial charge in [-0.1, -0.05) is 0 Å². The van der Waals surface area contributed by atoms with Gasteiger partial charge in [0.25, 0.3) is 5.56 Å². The maximum Gasteiger partial charge on any atom is 0.335 e. The number of aromatic hydroxyl groups is 1. The lowest BCUT2D eigenvalue weighted by molar-refractivity contribution is 0.430. The minimum Gasteiger partial charge on any atom is -0.493 e. The van der Waals surface area contributed by atoms with Crippen LogP contribution in [0.3, 0.4) is 0 Å². The number of hydrogen-bond acceptors (Lipinski definition) is 6. The van der Waals surface area contributed by atoms with Gasteiger partial charge in [0.15, 0.2) is 0 Å². The standard InChI is InChI=1S/C26H27BrN6O4/c1-14-9-17(27)19(10-15(14)2)33-24(35)16(23(34)29-25(33)36)13-28-18-11-21-22(31(4)26(37)30(21)3)12-20(18)32-7-5-6-8-32/h9-13,35H,5-8H2,1-4H3,(H,29,34,36). The molecule has 5 rings (SSSR count). The van der Waals surface area contributed by atoms with Crippen LogP contribution in [0.1, 0.15) is 29.5 Å². The third kappa shape index (κ3) is 4.12. The number of anilines is 1. The monoisotopic (exact) mass is 566 g/mol. The van der Waals surface area contributed by atoms with Crippen LogP contribution in [-0.4, -0.2) is 43.1 Å². The highest BCUT2D eigenvalue weighted by Gasteiger charge is 2.21. The fourth-order valence-electron chi connectivity index (χ4n) is 4.79. The Kier molecular flexibility index (Phi) is 6.18. The largest absolute Gasteiger partial charge is 0.493 e. The Bertz CT molecular complexity index is 1770. The van der Waals surface area contributed by atoms with Crippen molar-refractivity contribution in [2.24, 2.45) is 19.1 Å². The van der Waals surface area contributed by atoms with Gasteiger partial charge in [-0.2, -0.15) is 0 Å². The molecule has 192 valence electrons. The summed E-state index contributed by atoms with van der Waals surface area (Å²) in [6.45, 7) is 5.54. The molecule has 0 bridgehead atoms. The van der Waals surface area contributed by atoms with E-state index in [0.717, 1.165) is 52.8 Å². The number of nitrogens with one attached hydrogen (secondary N) is 1. The van der Waals surface area contributed by atoms with E-state index in [0.29, 0.717) is 21.4 Å². The lowest BCUT2D eigenvalue weighted by Gasteiger charge is -2.20. The number of aliphatic imine (C=N–C) groups is 1. The minimum absolute atomic E-state index is 0.149. The molecule has 1 fully saturated rings. The first-order valence-corrected chi connectivity index (χ1v) is 12.7. The second-order valence-corrected chi connectivity index (χ2v) is 10.3. The Morgan fingerprint density at radius 1 is 0.946 bits per heavy atom. The maximum absolute atomic E-state index is 12.7. The summed E-state index contributed by atoms with van der Waals surface area (Å²) in [7, 11) is 3.43. The molecule has 0 atom stereocenters. The van der Waals surface area contributed by atoms with Gasteiger partial charge in [0.05, 0.1) is 28.1 Å². The number of benzene rings is 2. The first-order chi connectivity index (χ1) is 17.6. The second kappa shape index (κ2) is 9.22. The molecule has 2 aromatic carbocycles. The average molecular weight is 567 g/mol. The first kappa shape index (κ1) is 24.8. The molecule has 0 aliphatic carbocycles. The highest BCUT2D eigenvalue weighted by Crippen LogP contribution is 2.35. The molecule has 0 amide bonds. The molecule has 2 N–H and O–H groups in total. The molecule has 0 radical (unpaired) electrons. The zero-order chi connectivity index (χ0) is 26.6. The SMILES string of the molecule is Cc1cc(Br)c(-n2c(O)c(C=Nc3cc4c(cc3N3CCCC3)n(C)c(=O)n4C)c(=O)[nH]c2=O)cc1C. The van der Waals surface area contributed by atoms with Gasteiger partial charge in [0.2, 0.25) is 5.88 Å². The molecular weight excluding hydrogens is 540 g/mol. The molecule has 1 aliphatic heterocycles. The molecule has 2 aromatic heterocycles. The normalized spacial score (nSPS) is 13.9. The van der Waals surface area contributed by atoms with Crippen molar-refractivity contribution in [3.8, 4) is 11.6 Å². The number of imidazole rings is 1. The topological polar surface area (TPSA) is 118 Å². The molecule has 11 heteroatoms. The molecule has 4 aromatic rings. The average Bonchev–Trinajstić information content (AvgIpc) is 3.45. The van der Waals surface area contributed by atoms with Crippen LogP contribution in [0.4, 0.5) is 11.4 Å². The molecule has 3 heterocycles. The van der Waals surface area contributed by atoms with E-state index in [1.54, 1.807) is 29.3 Å². The van der Waals surface area contributed by atoms with Crippen LogP contribution in [0.15, 0.2) is 48.1 Å². The summed E-state index contributed by atoms with van der Waals surface area (Å²) < 4.78 is 4.78. The van der Waals surface area contributed by atoms with Crippen molar-refractivity contribution in [1.82, 2.24) is 18.7 Å². The smallest absolute Gasteiger partial charge is 0.335 e. The van der Waals surface area contributed by atoms with Crippen molar-refractivity contribution in [2.75, 3.05) is 18.0 Å². The Morgan fingerprint density at radius 3 is 2.24 bits per heavy atom. The van der Waals surface area contributed by atoms with E-state index in [1.165, 1.54) is 6.21 Å². The van der Waals surface area contributed by atoms with Crippen molar-refractivity contribution in [2.45, 2.75) is 26.7 Å². The van der Waals surface area contributed by atoms with E-state index in [1.807, 2.05) is 32.0 Å². The van der Waals surface area contributed by atoms with Crippen LogP contribution in [0.5, 0.6) is 5.88 Å². The van der Waals surface area contributed by atoms with Gasteiger partial charge >= 0.3 is 11.4 Å². The molecule has 10 nitrogen and oxygen atoms in total. The molecular formula is C26H27BrN6O4. The lowest BCUT2D eigenvalue weighted by Crippen LogP contribution is -2.31. The molecule has 37 heavy (non-hydrogen) atoms. The highest BCUT2D eigenvalue weighted by molar-refractivity contribution is 9.10. The fraction of sp³-hybridized carbons (Fsp3) is 0.308. The second-order valence-electron chi connectivity index (χ2n) is 9.40. The van der Waals surface area contributed by atoms with Gasteiger partial charge in [-0.15, -0.1) is 0 Å². The number of fused-ring (bicyclic) bond motifs is 1. The van der Waals surface area contributed by atoms with Crippen molar-refractivity contribution in [1.29, 1.82) is 0 Å². The summed E-state index contributed by atoms with van der Waals surface area (Å²) in [6, 6.07) is 7.35. The Morgan fingerprint density at radius 2 is 1.57 bits per heavy atom. The molecule has 0 spiro atoms. The summed E-state index contributed by atoms with van der Waals surface area (Å²) in [5.74, 6) is -0.516. The minimum atomic E-state index is -0.762. The third-order valence-electron chi connectivity index (χ3n) is 7.07. The summed E-state index contributed by atoms with van der Waals surface area (Å²) >= 11 is 3.46. The van der Waals surface area contributed by atoms with E-state index in [4.69, 9.17) is 0 Å². The first-order valence-electron chi connectivity index (χ1n) is 11.9. The zero-order valence-electron chi connectivity index (χ0n) is 21.0. The number of halogens is 1. The van der Waals surface area contributed by atoms with Crippen LogP contribution in [0, 0.1) is 13.8 Å². The predicted octanol–water partition coefficient (Wildman–Crippen LogP) is 3.15. The number of aromatic amines is 1. The number of H-pyrrole nitrogens is 1. The van der Waals surface area contributed by atoms with Gasteiger partial charge in [-0.25, -0.2) is 14.2 Å². The van der Waals surface area contributed by atoms with Gasteiger partial charge in [-0.05, 0) is 78.0 Å². The molecule has 1 aliphatic rings. The molecule has 0 unspecified atom stereocenters. The summed E-state index contributed by atoms with van der Waals surface area (Å²) in [5.41, 5.74) is 3.38. The number of rotatable bonds is 4. The quantitative estimate of drug-likeness (QED) is 0.368. The van der Waals surface area contributed by atoms with Crippen molar-refractivity contribution in [3.05, 3.63) is 76.8 Å². The molecule has 1 saturated heterocycles. The van der Waals surface area contributed by atoms with Crippen molar-refractivity contribution < 1.29 is 5.11 Å². The van der Waals surface area contributed by atoms with Crippen LogP contribution < -0.4 is 21.8 Å². The van der Waals surface area contributed by atoms with E-state index >= 15 is 0 Å². The van der Waals surface area contributed by atoms with Crippen LogP contribution >= 0.6 is 15.9 Å². The van der Waals surface area contributed by atoms with Crippen LogP contribution in [0.25, 0.3) is 16.7 Å². The Labute approximate surface area is 220 Å². The van der Waals surface area contributed by atoms with Gasteiger partial charge in [-0.3, -0.25) is 23.9 Å². The number of aryl methyl sites for hydroxylation is 4. The van der Waals surface area contributed by atoms with Gasteiger partial charge < -0.3 is 10.0 Å². The fourth-order valence-corrected chi connectivity index (χ4v) is 5.42. The predicted molar refractivity (Wildman–Crippen MR) is 148 cm³/mol. The van der Waals surface area contributed by atoms with E-state index < -0.39 is 17.1 Å². The Hall–Kier alpha value is -3.86. The summed E-state index contributed by atoms with van der Waals surface area (Å²) in [6.07, 6.45) is 3.36. The van der Waals surface area contributed by atoms with Crippen molar-refractivity contribution in [3.63, 3.8) is 0 Å². The third-order valence-corrected chi connectivity index (χ3v) is 7.71.